The maximum absolute atomic E-state index is 4.43. The summed E-state index contributed by atoms with van der Waals surface area (Å²) in [5, 5.41) is 3.26. The molecule has 1 atom stereocenters. The molecule has 20 heavy (non-hydrogen) atoms. The molecule has 6 heteroatoms. The maximum atomic E-state index is 4.43. The number of thiazole rings is 1. The first-order valence-electron chi connectivity index (χ1n) is 6.73. The normalized spacial score (nSPS) is 18.2. The summed E-state index contributed by atoms with van der Waals surface area (Å²) < 4.78 is 1.04. The van der Waals surface area contributed by atoms with Crippen molar-refractivity contribution in [2.75, 3.05) is 31.1 Å². The Hall–Kier alpha value is -0.980. The first kappa shape index (κ1) is 14.0. The zero-order valence-corrected chi connectivity index (χ0v) is 13.8. The third-order valence-electron chi connectivity index (χ3n) is 3.73. The summed E-state index contributed by atoms with van der Waals surface area (Å²) in [6, 6.07) is 2.55. The molecule has 1 aliphatic heterocycles. The molecule has 3 rings (SSSR count). The molecule has 0 spiro atoms. The summed E-state index contributed by atoms with van der Waals surface area (Å²) in [5.74, 6) is 0. The molecule has 2 aromatic rings. The van der Waals surface area contributed by atoms with E-state index in [1.807, 2.05) is 18.6 Å². The molecular weight excluding hydrogens is 336 g/mol. The van der Waals surface area contributed by atoms with Gasteiger partial charge in [-0.05, 0) is 28.9 Å². The predicted octanol–water partition coefficient (Wildman–Crippen LogP) is 3.18. The molecule has 106 valence electrons. The van der Waals surface area contributed by atoms with E-state index in [0.29, 0.717) is 6.04 Å². The van der Waals surface area contributed by atoms with E-state index in [0.717, 1.165) is 30.7 Å². The molecule has 1 unspecified atom stereocenters. The van der Waals surface area contributed by atoms with Crippen LogP contribution in [0, 0.1) is 0 Å². The average Bonchev–Trinajstić information content (AvgIpc) is 3.01. The first-order chi connectivity index (χ1) is 9.74. The van der Waals surface area contributed by atoms with E-state index in [4.69, 9.17) is 0 Å². The third kappa shape index (κ3) is 3.02. The van der Waals surface area contributed by atoms with Gasteiger partial charge in [-0.15, -0.1) is 11.3 Å². The van der Waals surface area contributed by atoms with Crippen molar-refractivity contribution in [1.82, 2.24) is 14.9 Å². The van der Waals surface area contributed by atoms with Crippen LogP contribution in [0.15, 0.2) is 34.5 Å². The standard InChI is InChI=1S/C14H17BrN4S/c1-11(14-17-2-7-20-14)18-3-5-19(6-4-18)13-8-12(15)9-16-10-13/h2,7-11H,3-6H2,1H3. The lowest BCUT2D eigenvalue weighted by molar-refractivity contribution is 0.198. The highest BCUT2D eigenvalue weighted by atomic mass is 79.9. The number of nitrogens with zero attached hydrogens (tertiary/aromatic N) is 4. The van der Waals surface area contributed by atoms with Crippen molar-refractivity contribution in [3.05, 3.63) is 39.5 Å². The van der Waals surface area contributed by atoms with Crippen LogP contribution < -0.4 is 4.90 Å². The fraction of sp³-hybridized carbons (Fsp3) is 0.429. The molecule has 0 amide bonds. The lowest BCUT2D eigenvalue weighted by Crippen LogP contribution is -2.47. The van der Waals surface area contributed by atoms with Crippen LogP contribution in [-0.2, 0) is 0 Å². The molecule has 1 fully saturated rings. The van der Waals surface area contributed by atoms with Gasteiger partial charge in [-0.2, -0.15) is 0 Å². The minimum atomic E-state index is 0.415. The molecule has 4 nitrogen and oxygen atoms in total. The Kier molecular flexibility index (Phi) is 4.33. The number of piperazine rings is 1. The van der Waals surface area contributed by atoms with Gasteiger partial charge in [-0.25, -0.2) is 4.98 Å². The maximum Gasteiger partial charge on any atom is 0.109 e. The minimum Gasteiger partial charge on any atom is -0.368 e. The van der Waals surface area contributed by atoms with E-state index < -0.39 is 0 Å². The fourth-order valence-corrected chi connectivity index (χ4v) is 3.62. The average molecular weight is 353 g/mol. The van der Waals surface area contributed by atoms with Crippen molar-refractivity contribution in [3.63, 3.8) is 0 Å². The van der Waals surface area contributed by atoms with E-state index >= 15 is 0 Å². The second-order valence-corrected chi connectivity index (χ2v) is 6.77. The van der Waals surface area contributed by atoms with Crippen molar-refractivity contribution < 1.29 is 0 Å². The molecule has 3 heterocycles. The molecule has 0 aliphatic carbocycles. The lowest BCUT2D eigenvalue weighted by Gasteiger charge is -2.38. The van der Waals surface area contributed by atoms with Crippen molar-refractivity contribution in [2.45, 2.75) is 13.0 Å². The van der Waals surface area contributed by atoms with Gasteiger partial charge >= 0.3 is 0 Å². The monoisotopic (exact) mass is 352 g/mol. The van der Waals surface area contributed by atoms with E-state index in [1.165, 1.54) is 10.7 Å². The van der Waals surface area contributed by atoms with E-state index in [-0.39, 0.29) is 0 Å². The van der Waals surface area contributed by atoms with Crippen LogP contribution in [0.2, 0.25) is 0 Å². The fourth-order valence-electron chi connectivity index (χ4n) is 2.54. The van der Waals surface area contributed by atoms with Gasteiger partial charge in [0.15, 0.2) is 0 Å². The Morgan fingerprint density at radius 3 is 2.70 bits per heavy atom. The predicted molar refractivity (Wildman–Crippen MR) is 86.3 cm³/mol. The number of halogens is 1. The van der Waals surface area contributed by atoms with Crippen molar-refractivity contribution in [1.29, 1.82) is 0 Å². The summed E-state index contributed by atoms with van der Waals surface area (Å²) in [7, 11) is 0. The van der Waals surface area contributed by atoms with Crippen molar-refractivity contribution >= 4 is 33.0 Å². The van der Waals surface area contributed by atoms with Crippen LogP contribution in [0.4, 0.5) is 5.69 Å². The number of anilines is 1. The minimum absolute atomic E-state index is 0.415. The van der Waals surface area contributed by atoms with Crippen LogP contribution in [0.5, 0.6) is 0 Å². The summed E-state index contributed by atoms with van der Waals surface area (Å²) in [5.41, 5.74) is 1.20. The third-order valence-corrected chi connectivity index (χ3v) is 5.11. The van der Waals surface area contributed by atoms with E-state index in [9.17, 15) is 0 Å². The Morgan fingerprint density at radius 1 is 1.25 bits per heavy atom. The molecule has 0 radical (unpaired) electrons. The van der Waals surface area contributed by atoms with Crippen LogP contribution >= 0.6 is 27.3 Å². The largest absolute Gasteiger partial charge is 0.368 e. The summed E-state index contributed by atoms with van der Waals surface area (Å²) in [4.78, 5) is 13.6. The number of aromatic nitrogens is 2. The Morgan fingerprint density at radius 2 is 2.05 bits per heavy atom. The molecule has 1 saturated heterocycles. The second kappa shape index (κ2) is 6.20. The Bertz CT molecular complexity index is 552. The van der Waals surface area contributed by atoms with Gasteiger partial charge < -0.3 is 4.90 Å². The van der Waals surface area contributed by atoms with Gasteiger partial charge in [-0.1, -0.05) is 0 Å². The topological polar surface area (TPSA) is 32.3 Å². The Balaban J connectivity index is 1.62. The smallest absolute Gasteiger partial charge is 0.109 e. The SMILES string of the molecule is CC(c1nccs1)N1CCN(c2cncc(Br)c2)CC1. The highest BCUT2D eigenvalue weighted by Crippen LogP contribution is 2.25. The zero-order valence-electron chi connectivity index (χ0n) is 11.4. The van der Waals surface area contributed by atoms with E-state index in [2.05, 4.69) is 54.1 Å². The number of rotatable bonds is 3. The molecule has 0 N–H and O–H groups in total. The number of hydrogen-bond donors (Lipinski definition) is 0. The van der Waals surface area contributed by atoms with Gasteiger partial charge in [-0.3, -0.25) is 9.88 Å². The van der Waals surface area contributed by atoms with Crippen LogP contribution in [0.3, 0.4) is 0 Å². The van der Waals surface area contributed by atoms with Gasteiger partial charge in [0.05, 0.1) is 17.9 Å². The lowest BCUT2D eigenvalue weighted by atomic mass is 10.2. The quantitative estimate of drug-likeness (QED) is 0.848. The molecule has 1 aliphatic rings. The zero-order chi connectivity index (χ0) is 13.9. The van der Waals surface area contributed by atoms with Crippen LogP contribution in [-0.4, -0.2) is 41.0 Å². The van der Waals surface area contributed by atoms with Crippen molar-refractivity contribution in [2.24, 2.45) is 0 Å². The number of hydrogen-bond acceptors (Lipinski definition) is 5. The summed E-state index contributed by atoms with van der Waals surface area (Å²) in [6.45, 7) is 6.44. The van der Waals surface area contributed by atoms with Gasteiger partial charge in [0.1, 0.15) is 5.01 Å². The summed E-state index contributed by atoms with van der Waals surface area (Å²) >= 11 is 5.22. The summed E-state index contributed by atoms with van der Waals surface area (Å²) in [6.07, 6.45) is 5.65. The highest BCUT2D eigenvalue weighted by molar-refractivity contribution is 9.10. The highest BCUT2D eigenvalue weighted by Gasteiger charge is 2.23. The molecule has 2 aromatic heterocycles. The van der Waals surface area contributed by atoms with E-state index in [1.54, 1.807) is 11.3 Å². The molecule has 0 aromatic carbocycles. The Labute approximate surface area is 131 Å². The second-order valence-electron chi connectivity index (χ2n) is 4.93. The van der Waals surface area contributed by atoms with Gasteiger partial charge in [0.25, 0.3) is 0 Å². The van der Waals surface area contributed by atoms with Crippen LogP contribution in [0.25, 0.3) is 0 Å². The first-order valence-corrected chi connectivity index (χ1v) is 8.40. The molecule has 0 bridgehead atoms. The molecular formula is C14H17BrN4S. The van der Waals surface area contributed by atoms with Gasteiger partial charge in [0.2, 0.25) is 0 Å². The number of pyridine rings is 1. The molecule has 0 saturated carbocycles. The van der Waals surface area contributed by atoms with Crippen LogP contribution in [0.1, 0.15) is 18.0 Å². The van der Waals surface area contributed by atoms with Crippen molar-refractivity contribution in [3.8, 4) is 0 Å². The van der Waals surface area contributed by atoms with Gasteiger partial charge in [0, 0.05) is 48.4 Å².